The Balaban J connectivity index is 1.66. The van der Waals surface area contributed by atoms with Gasteiger partial charge in [0.15, 0.2) is 16.3 Å². The van der Waals surface area contributed by atoms with E-state index in [4.69, 9.17) is 40.5 Å². The van der Waals surface area contributed by atoms with Crippen LogP contribution in [0.15, 0.2) is 65.7 Å². The molecule has 3 aliphatic rings. The Bertz CT molecular complexity index is 2130. The zero-order valence-electron chi connectivity index (χ0n) is 39.7. The molecule has 3 aliphatic carbocycles. The van der Waals surface area contributed by atoms with Gasteiger partial charge in [-0.15, -0.1) is 35.0 Å². The van der Waals surface area contributed by atoms with Crippen LogP contribution in [0.3, 0.4) is 0 Å². The number of nitrogens with zero attached hydrogens (tertiary/aromatic N) is 7. The fourth-order valence-corrected chi connectivity index (χ4v) is 9.99. The molecule has 0 atom stereocenters. The molecule has 0 spiro atoms. The van der Waals surface area contributed by atoms with E-state index in [1.807, 2.05) is 11.0 Å². The average Bonchev–Trinajstić information content (AvgIpc) is 3.22. The number of halogens is 9. The number of hydrogen-bond donors (Lipinski definition) is 3. The maximum absolute atomic E-state index is 13.8. The summed E-state index contributed by atoms with van der Waals surface area (Å²) in [5.74, 6) is 0. The van der Waals surface area contributed by atoms with E-state index < -0.39 is 64.8 Å². The van der Waals surface area contributed by atoms with Crippen molar-refractivity contribution in [2.45, 2.75) is 80.1 Å². The highest BCUT2D eigenvalue weighted by molar-refractivity contribution is 8.25. The molecule has 0 fully saturated rings. The minimum Gasteiger partial charge on any atom is -0.395 e. The lowest BCUT2D eigenvalue weighted by Gasteiger charge is -2.34. The molecule has 25 heteroatoms. The number of nitriles is 2. The lowest BCUT2D eigenvalue weighted by atomic mass is 9.74. The van der Waals surface area contributed by atoms with Crippen LogP contribution in [0.25, 0.3) is 19.4 Å². The number of nitrogens with one attached hydrogen (secondary N) is 3. The molecule has 0 radical (unpaired) electrons. The van der Waals surface area contributed by atoms with Gasteiger partial charge >= 0.3 is 0 Å². The van der Waals surface area contributed by atoms with Gasteiger partial charge in [0.25, 0.3) is 10.1 Å². The Labute approximate surface area is 411 Å². The Morgan fingerprint density at radius 2 is 0.886 bits per heavy atom. The molecule has 0 aromatic rings. The molecule has 0 aromatic carbocycles. The predicted molar refractivity (Wildman–Crippen MR) is 254 cm³/mol. The summed E-state index contributed by atoms with van der Waals surface area (Å²) in [6.07, 6.45) is 0.612. The molecule has 13 nitrogen and oxygen atoms in total. The zero-order valence-corrected chi connectivity index (χ0v) is 42.2. The van der Waals surface area contributed by atoms with Gasteiger partial charge in [-0.1, -0.05) is 41.5 Å². The van der Waals surface area contributed by atoms with Crippen LogP contribution in [-0.2, 0) is 14.2 Å². The molecule has 3 N–H and O–H groups in total. The first-order valence-corrected chi connectivity index (χ1v) is 25.7. The maximum atomic E-state index is 13.8. The summed E-state index contributed by atoms with van der Waals surface area (Å²) in [7, 11) is 0. The van der Waals surface area contributed by atoms with Crippen LogP contribution < -0.4 is 16.0 Å². The van der Waals surface area contributed by atoms with Gasteiger partial charge in [-0.05, 0) is 65.9 Å². The molecule has 3 rings (SSSR count). The average molecular weight is 1050 g/mol. The third-order valence-corrected chi connectivity index (χ3v) is 13.5. The van der Waals surface area contributed by atoms with Crippen LogP contribution in [-0.4, -0.2) is 83.8 Å². The molecule has 0 aliphatic heterocycles. The predicted octanol–water partition coefficient (Wildman–Crippen LogP) is 13.0. The Morgan fingerprint density at radius 1 is 0.543 bits per heavy atom. The normalized spacial score (nSPS) is 21.0. The first-order valence-electron chi connectivity index (χ1n) is 21.7. The van der Waals surface area contributed by atoms with E-state index in [-0.39, 0.29) is 137 Å². The van der Waals surface area contributed by atoms with Gasteiger partial charge < -0.3 is 30.2 Å². The van der Waals surface area contributed by atoms with Crippen molar-refractivity contribution in [2.75, 3.05) is 78.9 Å². The van der Waals surface area contributed by atoms with Crippen LogP contribution in [0, 0.1) is 65.2 Å². The lowest BCUT2D eigenvalue weighted by Crippen LogP contribution is -2.35. The number of hydrogen-bond acceptors (Lipinski definition) is 9. The van der Waals surface area contributed by atoms with E-state index >= 15 is 0 Å². The molecular formula is C45H57F9N10O3S3. The van der Waals surface area contributed by atoms with E-state index in [9.17, 15) is 45.5 Å². The smallest absolute Gasteiger partial charge is 0.281 e. The SMILES string of the molecule is [C-]#[N+]C1=C(NCCOCCN(CCOCCNC2=C(C#N)/C(=C(\C#N)S(F)(F)F)CC(C)(C)C2)CCOCCNC2=C([N+]#[C-])/C(=C(\[N+]#[C-])S(F)(F)F)CC(C)(C)C2)CC(C)(C)C/C1=C(/[N+]#[C-])S(F)(F)F. The minimum atomic E-state index is -5.89. The number of rotatable bonds is 24. The van der Waals surface area contributed by atoms with Crippen LogP contribution in [0.4, 0.5) is 35.0 Å². The molecule has 70 heavy (non-hydrogen) atoms. The summed E-state index contributed by atoms with van der Waals surface area (Å²) < 4.78 is 142. The highest BCUT2D eigenvalue weighted by Crippen LogP contribution is 2.65. The summed E-state index contributed by atoms with van der Waals surface area (Å²) in [5, 5.41) is 25.7. The molecule has 0 saturated heterocycles. The minimum absolute atomic E-state index is 0.0743. The van der Waals surface area contributed by atoms with Gasteiger partial charge in [0, 0.05) is 61.9 Å². The molecule has 0 saturated carbocycles. The fourth-order valence-electron chi connectivity index (χ4n) is 8.33. The topological polar surface area (TPSA) is 132 Å². The van der Waals surface area contributed by atoms with Crippen molar-refractivity contribution in [3.8, 4) is 12.1 Å². The fraction of sp³-hybridized carbons (Fsp3) is 0.600. The summed E-state index contributed by atoms with van der Waals surface area (Å²) in [6, 6.07) is 3.11. The Kier molecular flexibility index (Phi) is 21.6. The van der Waals surface area contributed by atoms with Crippen LogP contribution >= 0.6 is 33.6 Å². The van der Waals surface area contributed by atoms with Gasteiger partial charge in [0.05, 0.1) is 71.5 Å². The van der Waals surface area contributed by atoms with Gasteiger partial charge in [0.2, 0.25) is 33.6 Å². The van der Waals surface area contributed by atoms with Crippen LogP contribution in [0.2, 0.25) is 0 Å². The molecule has 0 unspecified atom stereocenters. The molecule has 0 amide bonds. The van der Waals surface area contributed by atoms with E-state index in [2.05, 4.69) is 35.3 Å². The third kappa shape index (κ3) is 17.4. The van der Waals surface area contributed by atoms with Gasteiger partial charge in [-0.25, -0.2) is 19.4 Å². The van der Waals surface area contributed by atoms with Gasteiger partial charge in [-0.2, -0.15) is 10.5 Å². The molecule has 0 heterocycles. The standard InChI is InChI=1S/C45H57F9N10O3S3/c1-43(2)23-31(38(30-56)68(46,47)48)34(29-55)35(26-43)61-11-17-65-20-14-64(15-21-66-18-12-62-36-27-44(3,4)24-32(39(36)57-7)41(59-9)69(49,50)51)16-22-67-19-13-63-37-28-45(5,6)25-33(40(37)58-8)42(60-10)70(52,53)54/h61-63H,11-28H2,1-6H3/b38-31+,41-32+,42-33+. The van der Waals surface area contributed by atoms with Gasteiger partial charge in [0.1, 0.15) is 12.1 Å². The van der Waals surface area contributed by atoms with E-state index in [0.29, 0.717) is 31.0 Å². The summed E-state index contributed by atoms with van der Waals surface area (Å²) in [4.78, 5) is 12.9. The van der Waals surface area contributed by atoms with Crippen molar-refractivity contribution >= 4 is 33.6 Å². The van der Waals surface area contributed by atoms with Crippen LogP contribution in [0.5, 0.6) is 0 Å². The van der Waals surface area contributed by atoms with Crippen molar-refractivity contribution in [3.63, 3.8) is 0 Å². The summed E-state index contributed by atoms with van der Waals surface area (Å²) >= 11 is -17.6. The first kappa shape index (κ1) is 59.3. The second-order valence-electron chi connectivity index (χ2n) is 18.8. The monoisotopic (exact) mass is 1050 g/mol. The van der Waals surface area contributed by atoms with Crippen molar-refractivity contribution in [3.05, 3.63) is 111 Å². The number of ether oxygens (including phenoxy) is 3. The highest BCUT2D eigenvalue weighted by Gasteiger charge is 2.42. The van der Waals surface area contributed by atoms with Crippen molar-refractivity contribution in [1.29, 1.82) is 10.5 Å². The van der Waals surface area contributed by atoms with E-state index in [0.717, 1.165) is 0 Å². The second-order valence-corrected chi connectivity index (χ2v) is 22.4. The molecule has 386 valence electrons. The maximum Gasteiger partial charge on any atom is 0.281 e. The third-order valence-electron chi connectivity index (χ3n) is 11.2. The Hall–Kier alpha value is -4.96. The molecule has 0 aromatic heterocycles. The quantitative estimate of drug-likeness (QED) is 0.0374. The second kappa shape index (κ2) is 25.4. The first-order chi connectivity index (χ1) is 32.6. The molecule has 0 bridgehead atoms. The van der Waals surface area contributed by atoms with Gasteiger partial charge in [-0.3, -0.25) is 4.90 Å². The van der Waals surface area contributed by atoms with Crippen LogP contribution in [0.1, 0.15) is 80.1 Å². The van der Waals surface area contributed by atoms with Crippen molar-refractivity contribution in [2.24, 2.45) is 16.2 Å². The Morgan fingerprint density at radius 3 is 1.19 bits per heavy atom. The summed E-state index contributed by atoms with van der Waals surface area (Å²) in [6.45, 7) is 42.6. The van der Waals surface area contributed by atoms with Crippen molar-refractivity contribution in [1.82, 2.24) is 20.9 Å². The van der Waals surface area contributed by atoms with Crippen molar-refractivity contribution < 1.29 is 49.2 Å². The van der Waals surface area contributed by atoms with E-state index in [1.165, 1.54) is 6.07 Å². The lowest BCUT2D eigenvalue weighted by molar-refractivity contribution is 0.0548. The molecular weight excluding hydrogens is 996 g/mol. The summed E-state index contributed by atoms with van der Waals surface area (Å²) in [5.41, 5.74) is -2.65. The highest BCUT2D eigenvalue weighted by atomic mass is 32.3. The van der Waals surface area contributed by atoms with E-state index in [1.54, 1.807) is 41.5 Å². The zero-order chi connectivity index (χ0) is 52.7. The largest absolute Gasteiger partial charge is 0.395 e. The number of allylic oxidation sites excluding steroid dienone is 8.